The van der Waals surface area contributed by atoms with Crippen molar-refractivity contribution in [2.24, 2.45) is 0 Å². The van der Waals surface area contributed by atoms with Gasteiger partial charge in [0.15, 0.2) is 0 Å². The van der Waals surface area contributed by atoms with E-state index in [1.54, 1.807) is 30.3 Å². The summed E-state index contributed by atoms with van der Waals surface area (Å²) in [5.74, 6) is -1.73. The molecule has 4 amide bonds. The monoisotopic (exact) mass is 393 g/mol. The maximum absolute atomic E-state index is 12.6. The normalized spacial score (nSPS) is 13.1. The first-order valence-electron chi connectivity index (χ1n) is 9.45. The fourth-order valence-corrected chi connectivity index (χ4v) is 3.26. The highest BCUT2D eigenvalue weighted by Crippen LogP contribution is 2.19. The van der Waals surface area contributed by atoms with Gasteiger partial charge in [0.1, 0.15) is 6.54 Å². The second-order valence-electron chi connectivity index (χ2n) is 6.93. The Hall–Kier alpha value is -3.48. The van der Waals surface area contributed by atoms with Crippen LogP contribution < -0.4 is 5.32 Å². The van der Waals surface area contributed by atoms with Gasteiger partial charge in [-0.1, -0.05) is 43.3 Å². The summed E-state index contributed by atoms with van der Waals surface area (Å²) in [4.78, 5) is 51.9. The van der Waals surface area contributed by atoms with E-state index in [1.165, 1.54) is 11.9 Å². The molecule has 2 aromatic carbocycles. The van der Waals surface area contributed by atoms with Crippen LogP contribution in [0.25, 0.3) is 0 Å². The number of aryl methyl sites for hydroxylation is 1. The van der Waals surface area contributed by atoms with Crippen LogP contribution in [0.15, 0.2) is 48.5 Å². The van der Waals surface area contributed by atoms with E-state index in [0.717, 1.165) is 16.9 Å². The largest absolute Gasteiger partial charge is 0.335 e. The van der Waals surface area contributed by atoms with Crippen LogP contribution in [0.5, 0.6) is 0 Å². The number of nitrogens with one attached hydrogen (secondary N) is 1. The number of likely N-dealkylation sites (N-methyl/N-ethyl adjacent to an activating group) is 1. The third-order valence-electron chi connectivity index (χ3n) is 4.91. The molecule has 0 atom stereocenters. The van der Waals surface area contributed by atoms with Crippen molar-refractivity contribution in [3.05, 3.63) is 65.2 Å². The Balaban J connectivity index is 1.61. The van der Waals surface area contributed by atoms with Gasteiger partial charge >= 0.3 is 0 Å². The number of hydrogen-bond acceptors (Lipinski definition) is 4. The van der Waals surface area contributed by atoms with Gasteiger partial charge < -0.3 is 10.2 Å². The maximum atomic E-state index is 12.6. The molecule has 3 rings (SSSR count). The SMILES string of the molecule is CCc1ccccc1NC(=O)CN(C)C(=O)CN1C(=O)Cc2ccccc2C1=O. The molecule has 1 N–H and O–H groups in total. The summed E-state index contributed by atoms with van der Waals surface area (Å²) >= 11 is 0. The Kier molecular flexibility index (Phi) is 6.07. The number of rotatable bonds is 6. The number of amides is 4. The van der Waals surface area contributed by atoms with Crippen LogP contribution in [0.4, 0.5) is 5.69 Å². The first kappa shape index (κ1) is 20.3. The number of nitrogens with zero attached hydrogens (tertiary/aromatic N) is 2. The molecule has 0 radical (unpaired) electrons. The first-order valence-corrected chi connectivity index (χ1v) is 9.45. The lowest BCUT2D eigenvalue weighted by atomic mass is 9.98. The topological polar surface area (TPSA) is 86.8 Å². The zero-order valence-electron chi connectivity index (χ0n) is 16.5. The molecule has 0 aromatic heterocycles. The van der Waals surface area contributed by atoms with Gasteiger partial charge in [0.25, 0.3) is 5.91 Å². The lowest BCUT2D eigenvalue weighted by Crippen LogP contribution is -2.48. The van der Waals surface area contributed by atoms with Crippen molar-refractivity contribution in [1.82, 2.24) is 9.80 Å². The molecular weight excluding hydrogens is 370 g/mol. The van der Waals surface area contributed by atoms with E-state index in [4.69, 9.17) is 0 Å². The molecule has 7 nitrogen and oxygen atoms in total. The molecule has 0 saturated heterocycles. The molecule has 0 unspecified atom stereocenters. The predicted molar refractivity (Wildman–Crippen MR) is 108 cm³/mol. The smallest absolute Gasteiger partial charge is 0.261 e. The Morgan fingerprint density at radius 2 is 1.76 bits per heavy atom. The highest BCUT2D eigenvalue weighted by molar-refractivity contribution is 6.11. The maximum Gasteiger partial charge on any atom is 0.261 e. The van der Waals surface area contributed by atoms with Gasteiger partial charge in [-0.3, -0.25) is 24.1 Å². The lowest BCUT2D eigenvalue weighted by molar-refractivity contribution is -0.138. The van der Waals surface area contributed by atoms with Crippen LogP contribution >= 0.6 is 0 Å². The Morgan fingerprint density at radius 3 is 2.52 bits per heavy atom. The highest BCUT2D eigenvalue weighted by Gasteiger charge is 2.32. The van der Waals surface area contributed by atoms with Crippen molar-refractivity contribution >= 4 is 29.3 Å². The van der Waals surface area contributed by atoms with Crippen molar-refractivity contribution in [2.75, 3.05) is 25.5 Å². The Bertz CT molecular complexity index is 970. The van der Waals surface area contributed by atoms with E-state index in [0.29, 0.717) is 16.8 Å². The molecule has 29 heavy (non-hydrogen) atoms. The molecule has 2 aromatic rings. The zero-order valence-corrected chi connectivity index (χ0v) is 16.5. The van der Waals surface area contributed by atoms with Gasteiger partial charge in [-0.15, -0.1) is 0 Å². The van der Waals surface area contributed by atoms with Crippen LogP contribution in [0.3, 0.4) is 0 Å². The van der Waals surface area contributed by atoms with Gasteiger partial charge in [0.05, 0.1) is 13.0 Å². The lowest BCUT2D eigenvalue weighted by Gasteiger charge is -2.28. The van der Waals surface area contributed by atoms with Crippen LogP contribution in [-0.4, -0.2) is 53.6 Å². The zero-order chi connectivity index (χ0) is 21.0. The summed E-state index contributed by atoms with van der Waals surface area (Å²) in [6.45, 7) is 1.43. The fourth-order valence-electron chi connectivity index (χ4n) is 3.26. The third-order valence-corrected chi connectivity index (χ3v) is 4.91. The van der Waals surface area contributed by atoms with E-state index in [2.05, 4.69) is 5.32 Å². The first-order chi connectivity index (χ1) is 13.9. The number of fused-ring (bicyclic) bond motifs is 1. The second-order valence-corrected chi connectivity index (χ2v) is 6.93. The van der Waals surface area contributed by atoms with E-state index in [-0.39, 0.29) is 25.4 Å². The van der Waals surface area contributed by atoms with Crippen molar-refractivity contribution in [2.45, 2.75) is 19.8 Å². The number of hydrogen-bond donors (Lipinski definition) is 1. The molecule has 1 heterocycles. The van der Waals surface area contributed by atoms with Gasteiger partial charge in [0.2, 0.25) is 17.7 Å². The molecule has 1 aliphatic rings. The molecular formula is C22H23N3O4. The minimum absolute atomic E-state index is 0.0766. The van der Waals surface area contributed by atoms with Crippen molar-refractivity contribution in [3.63, 3.8) is 0 Å². The average Bonchev–Trinajstić information content (AvgIpc) is 2.71. The minimum atomic E-state index is -0.486. The molecule has 150 valence electrons. The average molecular weight is 393 g/mol. The van der Waals surface area contributed by atoms with E-state index < -0.39 is 17.7 Å². The molecule has 0 spiro atoms. The predicted octanol–water partition coefficient (Wildman–Crippen LogP) is 1.87. The number of benzene rings is 2. The molecule has 0 bridgehead atoms. The third kappa shape index (κ3) is 4.51. The van der Waals surface area contributed by atoms with E-state index in [9.17, 15) is 19.2 Å². The molecule has 0 aliphatic carbocycles. The van der Waals surface area contributed by atoms with Crippen molar-refractivity contribution in [3.8, 4) is 0 Å². The number of imide groups is 1. The molecule has 1 aliphatic heterocycles. The number of para-hydroxylation sites is 1. The Morgan fingerprint density at radius 1 is 1.07 bits per heavy atom. The minimum Gasteiger partial charge on any atom is -0.335 e. The summed E-state index contributed by atoms with van der Waals surface area (Å²) in [7, 11) is 1.47. The quantitative estimate of drug-likeness (QED) is 0.759. The Labute approximate surface area is 169 Å². The van der Waals surface area contributed by atoms with Crippen LogP contribution in [0.2, 0.25) is 0 Å². The number of carbonyl (C=O) groups is 4. The summed E-state index contributed by atoms with van der Waals surface area (Å²) in [6, 6.07) is 14.3. The standard InChI is InChI=1S/C22H23N3O4/c1-3-15-8-5-7-11-18(15)23-19(26)13-24(2)21(28)14-25-20(27)12-16-9-4-6-10-17(16)22(25)29/h4-11H,3,12-14H2,1-2H3,(H,23,26). The van der Waals surface area contributed by atoms with E-state index >= 15 is 0 Å². The van der Waals surface area contributed by atoms with E-state index in [1.807, 2.05) is 25.1 Å². The van der Waals surface area contributed by atoms with Crippen molar-refractivity contribution < 1.29 is 19.2 Å². The summed E-state index contributed by atoms with van der Waals surface area (Å²) in [6.07, 6.45) is 0.846. The molecule has 7 heteroatoms. The summed E-state index contributed by atoms with van der Waals surface area (Å²) < 4.78 is 0. The number of anilines is 1. The molecule has 0 saturated carbocycles. The summed E-state index contributed by atoms with van der Waals surface area (Å²) in [5, 5.41) is 2.80. The summed E-state index contributed by atoms with van der Waals surface area (Å²) in [5.41, 5.74) is 2.79. The fraction of sp³-hybridized carbons (Fsp3) is 0.273. The highest BCUT2D eigenvalue weighted by atomic mass is 16.2. The molecule has 0 fully saturated rings. The number of carbonyl (C=O) groups excluding carboxylic acids is 4. The van der Waals surface area contributed by atoms with Gasteiger partial charge in [-0.05, 0) is 29.7 Å². The van der Waals surface area contributed by atoms with Gasteiger partial charge in [0, 0.05) is 18.3 Å². The van der Waals surface area contributed by atoms with Crippen LogP contribution in [0, 0.1) is 0 Å². The van der Waals surface area contributed by atoms with Crippen LogP contribution in [-0.2, 0) is 27.2 Å². The van der Waals surface area contributed by atoms with Gasteiger partial charge in [-0.25, -0.2) is 0 Å². The van der Waals surface area contributed by atoms with Crippen LogP contribution in [0.1, 0.15) is 28.4 Å². The second kappa shape index (κ2) is 8.68. The van der Waals surface area contributed by atoms with Crippen molar-refractivity contribution in [1.29, 1.82) is 0 Å². The van der Waals surface area contributed by atoms with Gasteiger partial charge in [-0.2, -0.15) is 0 Å².